The van der Waals surface area contributed by atoms with E-state index in [1.54, 1.807) is 7.11 Å². The Kier molecular flexibility index (Phi) is 7.87. The highest BCUT2D eigenvalue weighted by atomic mass is 16.5. The van der Waals surface area contributed by atoms with Gasteiger partial charge in [-0.3, -0.25) is 0 Å². The van der Waals surface area contributed by atoms with Gasteiger partial charge in [-0.2, -0.15) is 0 Å². The maximum atomic E-state index is 5.17. The van der Waals surface area contributed by atoms with Gasteiger partial charge in [0.15, 0.2) is 0 Å². The molecule has 0 saturated heterocycles. The second-order valence-electron chi connectivity index (χ2n) is 5.16. The van der Waals surface area contributed by atoms with E-state index in [2.05, 4.69) is 12.2 Å². The van der Waals surface area contributed by atoms with Crippen molar-refractivity contribution in [3.8, 4) is 0 Å². The Hall–Kier alpha value is -0.0800. The fourth-order valence-electron chi connectivity index (χ4n) is 2.69. The predicted molar refractivity (Wildman–Crippen MR) is 69.8 cm³/mol. The lowest BCUT2D eigenvalue weighted by atomic mass is 10.0. The van der Waals surface area contributed by atoms with E-state index in [0.717, 1.165) is 25.5 Å². The van der Waals surface area contributed by atoms with Crippen molar-refractivity contribution in [1.29, 1.82) is 0 Å². The molecule has 0 amide bonds. The topological polar surface area (TPSA) is 21.3 Å². The van der Waals surface area contributed by atoms with Crippen LogP contribution in [0, 0.1) is 5.92 Å². The average Bonchev–Trinajstić information content (AvgIpc) is 2.80. The number of methoxy groups -OCH3 is 1. The standard InChI is InChI=1S/C14H29NO/c1-3-14(12-16-2)15-11-7-6-10-13-8-4-5-9-13/h13-15H,3-12H2,1-2H3. The number of unbranched alkanes of at least 4 members (excludes halogenated alkanes) is 1. The Morgan fingerprint density at radius 1 is 1.25 bits per heavy atom. The van der Waals surface area contributed by atoms with E-state index in [9.17, 15) is 0 Å². The van der Waals surface area contributed by atoms with Gasteiger partial charge in [0.25, 0.3) is 0 Å². The van der Waals surface area contributed by atoms with Crippen molar-refractivity contribution in [2.24, 2.45) is 5.92 Å². The molecule has 1 atom stereocenters. The molecule has 0 aliphatic heterocycles. The molecule has 0 bridgehead atoms. The highest BCUT2D eigenvalue weighted by Gasteiger charge is 2.13. The van der Waals surface area contributed by atoms with Crippen LogP contribution >= 0.6 is 0 Å². The molecule has 1 unspecified atom stereocenters. The minimum Gasteiger partial charge on any atom is -0.383 e. The Balaban J connectivity index is 1.89. The molecular formula is C14H29NO. The number of nitrogens with one attached hydrogen (secondary N) is 1. The van der Waals surface area contributed by atoms with Gasteiger partial charge in [0.2, 0.25) is 0 Å². The SMILES string of the molecule is CCC(COC)NCCCCC1CCCC1. The van der Waals surface area contributed by atoms with Crippen LogP contribution in [0.15, 0.2) is 0 Å². The lowest BCUT2D eigenvalue weighted by Gasteiger charge is -2.16. The summed E-state index contributed by atoms with van der Waals surface area (Å²) < 4.78 is 5.17. The highest BCUT2D eigenvalue weighted by Crippen LogP contribution is 2.28. The first-order valence-electron chi connectivity index (χ1n) is 7.09. The molecular weight excluding hydrogens is 198 g/mol. The van der Waals surface area contributed by atoms with Gasteiger partial charge < -0.3 is 10.1 Å². The molecule has 0 aromatic carbocycles. The van der Waals surface area contributed by atoms with Crippen molar-refractivity contribution >= 4 is 0 Å². The molecule has 1 saturated carbocycles. The van der Waals surface area contributed by atoms with E-state index in [-0.39, 0.29) is 0 Å². The molecule has 0 radical (unpaired) electrons. The molecule has 2 nitrogen and oxygen atoms in total. The molecule has 96 valence electrons. The van der Waals surface area contributed by atoms with Gasteiger partial charge in [0.05, 0.1) is 6.61 Å². The van der Waals surface area contributed by atoms with E-state index in [0.29, 0.717) is 6.04 Å². The average molecular weight is 227 g/mol. The lowest BCUT2D eigenvalue weighted by Crippen LogP contribution is -2.33. The van der Waals surface area contributed by atoms with E-state index >= 15 is 0 Å². The van der Waals surface area contributed by atoms with Crippen molar-refractivity contribution in [1.82, 2.24) is 5.32 Å². The summed E-state index contributed by atoms with van der Waals surface area (Å²) in [5.74, 6) is 1.06. The third kappa shape index (κ3) is 5.86. The first-order valence-corrected chi connectivity index (χ1v) is 7.09. The van der Waals surface area contributed by atoms with Crippen LogP contribution in [0.25, 0.3) is 0 Å². The zero-order valence-corrected chi connectivity index (χ0v) is 11.1. The van der Waals surface area contributed by atoms with E-state index in [1.165, 1.54) is 44.9 Å². The zero-order chi connectivity index (χ0) is 11.6. The number of hydrogen-bond acceptors (Lipinski definition) is 2. The Morgan fingerprint density at radius 2 is 2.00 bits per heavy atom. The largest absolute Gasteiger partial charge is 0.383 e. The summed E-state index contributed by atoms with van der Waals surface area (Å²) >= 11 is 0. The van der Waals surface area contributed by atoms with Gasteiger partial charge >= 0.3 is 0 Å². The van der Waals surface area contributed by atoms with E-state index < -0.39 is 0 Å². The van der Waals surface area contributed by atoms with E-state index in [4.69, 9.17) is 4.74 Å². The van der Waals surface area contributed by atoms with Crippen LogP contribution in [-0.2, 0) is 4.74 Å². The minimum absolute atomic E-state index is 0.552. The van der Waals surface area contributed by atoms with Gasteiger partial charge in [-0.25, -0.2) is 0 Å². The molecule has 1 aliphatic rings. The van der Waals surface area contributed by atoms with Crippen LogP contribution in [0.3, 0.4) is 0 Å². The summed E-state index contributed by atoms with van der Waals surface area (Å²) in [7, 11) is 1.78. The van der Waals surface area contributed by atoms with Crippen LogP contribution in [-0.4, -0.2) is 26.3 Å². The van der Waals surface area contributed by atoms with Crippen LogP contribution in [0.2, 0.25) is 0 Å². The Labute approximate surface area is 101 Å². The summed E-state index contributed by atoms with van der Waals surface area (Å²) in [6.45, 7) is 4.23. The molecule has 2 heteroatoms. The smallest absolute Gasteiger partial charge is 0.0615 e. The molecule has 1 rings (SSSR count). The van der Waals surface area contributed by atoms with Crippen LogP contribution in [0.5, 0.6) is 0 Å². The maximum absolute atomic E-state index is 5.17. The van der Waals surface area contributed by atoms with Crippen molar-refractivity contribution in [2.75, 3.05) is 20.3 Å². The van der Waals surface area contributed by atoms with Gasteiger partial charge in [-0.1, -0.05) is 45.4 Å². The predicted octanol–water partition coefficient (Wildman–Crippen LogP) is 3.36. The quantitative estimate of drug-likeness (QED) is 0.610. The summed E-state index contributed by atoms with van der Waals surface area (Å²) in [4.78, 5) is 0. The maximum Gasteiger partial charge on any atom is 0.0615 e. The lowest BCUT2D eigenvalue weighted by molar-refractivity contribution is 0.164. The number of ether oxygens (including phenoxy) is 1. The molecule has 0 aromatic heterocycles. The van der Waals surface area contributed by atoms with Gasteiger partial charge in [-0.15, -0.1) is 0 Å². The van der Waals surface area contributed by atoms with Crippen molar-refractivity contribution < 1.29 is 4.74 Å². The van der Waals surface area contributed by atoms with Crippen molar-refractivity contribution in [3.05, 3.63) is 0 Å². The summed E-state index contributed by atoms with van der Waals surface area (Å²) in [5, 5.41) is 3.57. The van der Waals surface area contributed by atoms with Gasteiger partial charge in [0.1, 0.15) is 0 Å². The van der Waals surface area contributed by atoms with Gasteiger partial charge in [0, 0.05) is 13.2 Å². The third-order valence-corrected chi connectivity index (χ3v) is 3.81. The molecule has 16 heavy (non-hydrogen) atoms. The van der Waals surface area contributed by atoms with Crippen LogP contribution < -0.4 is 5.32 Å². The first kappa shape index (κ1) is 14.0. The summed E-state index contributed by atoms with van der Waals surface area (Å²) in [6.07, 6.45) is 11.3. The molecule has 1 fully saturated rings. The highest BCUT2D eigenvalue weighted by molar-refractivity contribution is 4.68. The number of hydrogen-bond donors (Lipinski definition) is 1. The summed E-state index contributed by atoms with van der Waals surface area (Å²) in [5.41, 5.74) is 0. The van der Waals surface area contributed by atoms with Crippen molar-refractivity contribution in [2.45, 2.75) is 64.3 Å². The monoisotopic (exact) mass is 227 g/mol. The number of rotatable bonds is 9. The molecule has 0 aromatic rings. The Morgan fingerprint density at radius 3 is 2.62 bits per heavy atom. The van der Waals surface area contributed by atoms with Crippen molar-refractivity contribution in [3.63, 3.8) is 0 Å². The molecule has 0 heterocycles. The Bertz CT molecular complexity index is 155. The van der Waals surface area contributed by atoms with E-state index in [1.807, 2.05) is 0 Å². The molecule has 1 N–H and O–H groups in total. The zero-order valence-electron chi connectivity index (χ0n) is 11.1. The van der Waals surface area contributed by atoms with Crippen LogP contribution in [0.4, 0.5) is 0 Å². The fraction of sp³-hybridized carbons (Fsp3) is 1.00. The molecule has 0 spiro atoms. The van der Waals surface area contributed by atoms with Crippen LogP contribution in [0.1, 0.15) is 58.3 Å². The minimum atomic E-state index is 0.552. The summed E-state index contributed by atoms with van der Waals surface area (Å²) in [6, 6.07) is 0.552. The normalized spacial score (nSPS) is 19.1. The second-order valence-corrected chi connectivity index (χ2v) is 5.16. The molecule has 1 aliphatic carbocycles. The third-order valence-electron chi connectivity index (χ3n) is 3.81. The fourth-order valence-corrected chi connectivity index (χ4v) is 2.69. The second kappa shape index (κ2) is 9.00. The first-order chi connectivity index (χ1) is 7.86. The van der Waals surface area contributed by atoms with Gasteiger partial charge in [-0.05, 0) is 25.3 Å².